The Kier molecular flexibility index (Phi) is 7.32. The van der Waals surface area contributed by atoms with Crippen LogP contribution in [0.15, 0.2) is 24.3 Å². The number of methoxy groups -OCH3 is 1. The van der Waals surface area contributed by atoms with Crippen molar-refractivity contribution in [1.82, 2.24) is 15.1 Å². The summed E-state index contributed by atoms with van der Waals surface area (Å²) in [6, 6.07) is 8.79. The molecule has 1 aliphatic carbocycles. The molecule has 1 heterocycles. The zero-order valence-electron chi connectivity index (χ0n) is 16.1. The lowest BCUT2D eigenvalue weighted by Crippen LogP contribution is -2.41. The fourth-order valence-electron chi connectivity index (χ4n) is 4.29. The van der Waals surface area contributed by atoms with E-state index >= 15 is 0 Å². The molecule has 1 saturated heterocycles. The van der Waals surface area contributed by atoms with Crippen molar-refractivity contribution in [2.45, 2.75) is 44.6 Å². The van der Waals surface area contributed by atoms with Crippen LogP contribution in [-0.2, 0) is 11.2 Å². The fraction of sp³-hybridized carbons (Fsp3) is 0.667. The molecule has 3 rings (SSSR count). The van der Waals surface area contributed by atoms with Gasteiger partial charge in [-0.3, -0.25) is 14.6 Å². The molecule has 144 valence electrons. The summed E-state index contributed by atoms with van der Waals surface area (Å²) in [6.07, 6.45) is 7.47. The lowest BCUT2D eigenvalue weighted by molar-refractivity contribution is -0.122. The van der Waals surface area contributed by atoms with E-state index in [-0.39, 0.29) is 5.91 Å². The molecule has 1 saturated carbocycles. The third kappa shape index (κ3) is 5.45. The summed E-state index contributed by atoms with van der Waals surface area (Å²) in [5.41, 5.74) is 1.14. The Morgan fingerprint density at radius 2 is 1.92 bits per heavy atom. The summed E-state index contributed by atoms with van der Waals surface area (Å²) in [4.78, 5) is 17.3. The number of carbonyl (C=O) groups excluding carboxylic acids is 1. The SMILES string of the molecule is COc1ccccc1CCNC(=O)CN1CCCN(C2CCCC2)CC1. The molecule has 0 bridgehead atoms. The molecule has 0 atom stereocenters. The first-order valence-corrected chi connectivity index (χ1v) is 10.1. The Morgan fingerprint density at radius 1 is 1.12 bits per heavy atom. The number of benzene rings is 1. The van der Waals surface area contributed by atoms with Crippen LogP contribution in [0.25, 0.3) is 0 Å². The Bertz CT molecular complexity index is 572. The van der Waals surface area contributed by atoms with E-state index in [0.29, 0.717) is 13.1 Å². The predicted molar refractivity (Wildman–Crippen MR) is 105 cm³/mol. The van der Waals surface area contributed by atoms with Gasteiger partial charge < -0.3 is 10.1 Å². The number of hydrogen-bond donors (Lipinski definition) is 1. The molecule has 1 aliphatic heterocycles. The smallest absolute Gasteiger partial charge is 0.234 e. The summed E-state index contributed by atoms with van der Waals surface area (Å²) in [6.45, 7) is 5.51. The number of ether oxygens (including phenoxy) is 1. The van der Waals surface area contributed by atoms with Crippen LogP contribution in [0.5, 0.6) is 5.75 Å². The minimum Gasteiger partial charge on any atom is -0.496 e. The zero-order valence-corrected chi connectivity index (χ0v) is 16.1. The molecule has 0 radical (unpaired) electrons. The van der Waals surface area contributed by atoms with Crippen molar-refractivity contribution < 1.29 is 9.53 Å². The van der Waals surface area contributed by atoms with Gasteiger partial charge in [-0.15, -0.1) is 0 Å². The second-order valence-electron chi connectivity index (χ2n) is 7.52. The molecule has 1 aromatic rings. The second-order valence-corrected chi connectivity index (χ2v) is 7.52. The van der Waals surface area contributed by atoms with Gasteiger partial charge in [-0.1, -0.05) is 31.0 Å². The molecule has 26 heavy (non-hydrogen) atoms. The Hall–Kier alpha value is -1.59. The van der Waals surface area contributed by atoms with E-state index in [4.69, 9.17) is 4.74 Å². The van der Waals surface area contributed by atoms with Gasteiger partial charge in [-0.25, -0.2) is 0 Å². The first kappa shape index (κ1) is 19.2. The maximum atomic E-state index is 12.3. The minimum absolute atomic E-state index is 0.134. The summed E-state index contributed by atoms with van der Waals surface area (Å²) >= 11 is 0. The van der Waals surface area contributed by atoms with Crippen LogP contribution in [0.2, 0.25) is 0 Å². The average Bonchev–Trinajstić information content (AvgIpc) is 3.09. The lowest BCUT2D eigenvalue weighted by Gasteiger charge is -2.27. The van der Waals surface area contributed by atoms with Crippen LogP contribution in [0, 0.1) is 0 Å². The van der Waals surface area contributed by atoms with E-state index in [9.17, 15) is 4.79 Å². The van der Waals surface area contributed by atoms with Crippen molar-refractivity contribution in [2.24, 2.45) is 0 Å². The van der Waals surface area contributed by atoms with Crippen molar-refractivity contribution >= 4 is 5.91 Å². The third-order valence-electron chi connectivity index (χ3n) is 5.74. The predicted octanol–water partition coefficient (Wildman–Crippen LogP) is 2.30. The lowest BCUT2D eigenvalue weighted by atomic mass is 10.1. The number of para-hydroxylation sites is 1. The van der Waals surface area contributed by atoms with E-state index < -0.39 is 0 Å². The molecule has 0 unspecified atom stereocenters. The number of nitrogens with zero attached hydrogens (tertiary/aromatic N) is 2. The van der Waals surface area contributed by atoms with E-state index in [0.717, 1.165) is 43.4 Å². The Morgan fingerprint density at radius 3 is 2.73 bits per heavy atom. The van der Waals surface area contributed by atoms with Crippen molar-refractivity contribution in [3.8, 4) is 5.75 Å². The molecule has 5 nitrogen and oxygen atoms in total. The molecular weight excluding hydrogens is 326 g/mol. The van der Waals surface area contributed by atoms with E-state index in [1.165, 1.54) is 38.6 Å². The van der Waals surface area contributed by atoms with Gasteiger partial charge in [-0.2, -0.15) is 0 Å². The number of rotatable bonds is 7. The second kappa shape index (κ2) is 9.93. The first-order chi connectivity index (χ1) is 12.8. The monoisotopic (exact) mass is 359 g/mol. The van der Waals surface area contributed by atoms with Crippen molar-refractivity contribution in [2.75, 3.05) is 46.4 Å². The highest BCUT2D eigenvalue weighted by molar-refractivity contribution is 5.78. The molecule has 1 amide bonds. The summed E-state index contributed by atoms with van der Waals surface area (Å²) < 4.78 is 5.36. The van der Waals surface area contributed by atoms with Gasteiger partial charge in [-0.05, 0) is 50.4 Å². The molecule has 0 aromatic heterocycles. The highest BCUT2D eigenvalue weighted by Gasteiger charge is 2.25. The Labute approximate surface area is 157 Å². The first-order valence-electron chi connectivity index (χ1n) is 10.1. The topological polar surface area (TPSA) is 44.8 Å². The van der Waals surface area contributed by atoms with Gasteiger partial charge in [0.1, 0.15) is 5.75 Å². The van der Waals surface area contributed by atoms with Crippen molar-refractivity contribution in [3.05, 3.63) is 29.8 Å². The molecule has 2 aliphatic rings. The van der Waals surface area contributed by atoms with Crippen LogP contribution in [0.1, 0.15) is 37.7 Å². The van der Waals surface area contributed by atoms with Gasteiger partial charge in [0.15, 0.2) is 0 Å². The molecule has 1 aromatic carbocycles. The largest absolute Gasteiger partial charge is 0.496 e. The molecule has 0 spiro atoms. The maximum absolute atomic E-state index is 12.3. The van der Waals surface area contributed by atoms with Crippen molar-refractivity contribution in [1.29, 1.82) is 0 Å². The highest BCUT2D eigenvalue weighted by atomic mass is 16.5. The molecule has 1 N–H and O–H groups in total. The molecule has 5 heteroatoms. The van der Waals surface area contributed by atoms with Crippen LogP contribution in [0.4, 0.5) is 0 Å². The Balaban J connectivity index is 1.38. The zero-order chi connectivity index (χ0) is 18.2. The van der Waals surface area contributed by atoms with Gasteiger partial charge in [0, 0.05) is 25.7 Å². The normalized spacial score (nSPS) is 20.0. The fourth-order valence-corrected chi connectivity index (χ4v) is 4.29. The molecule has 2 fully saturated rings. The summed E-state index contributed by atoms with van der Waals surface area (Å²) in [5, 5.41) is 3.07. The average molecular weight is 360 g/mol. The van der Waals surface area contributed by atoms with Gasteiger partial charge in [0.25, 0.3) is 0 Å². The van der Waals surface area contributed by atoms with Crippen LogP contribution < -0.4 is 10.1 Å². The summed E-state index contributed by atoms with van der Waals surface area (Å²) in [7, 11) is 1.69. The van der Waals surface area contributed by atoms with E-state index in [2.05, 4.69) is 21.2 Å². The summed E-state index contributed by atoms with van der Waals surface area (Å²) in [5.74, 6) is 1.02. The van der Waals surface area contributed by atoms with E-state index in [1.807, 2.05) is 18.2 Å². The number of carbonyl (C=O) groups is 1. The quantitative estimate of drug-likeness (QED) is 0.811. The van der Waals surface area contributed by atoms with Crippen molar-refractivity contribution in [3.63, 3.8) is 0 Å². The highest BCUT2D eigenvalue weighted by Crippen LogP contribution is 2.24. The maximum Gasteiger partial charge on any atom is 0.234 e. The number of amides is 1. The third-order valence-corrected chi connectivity index (χ3v) is 5.74. The van der Waals surface area contributed by atoms with E-state index in [1.54, 1.807) is 7.11 Å². The number of hydrogen-bond acceptors (Lipinski definition) is 4. The minimum atomic E-state index is 0.134. The van der Waals surface area contributed by atoms with Crippen LogP contribution >= 0.6 is 0 Å². The number of nitrogens with one attached hydrogen (secondary N) is 1. The van der Waals surface area contributed by atoms with Gasteiger partial charge >= 0.3 is 0 Å². The standard InChI is InChI=1S/C21H33N3O2/c1-26-20-10-5-2-7-18(20)11-12-22-21(25)17-23-13-6-14-24(16-15-23)19-8-3-4-9-19/h2,5,7,10,19H,3-4,6,8-9,11-17H2,1H3,(H,22,25). The van der Waals surface area contributed by atoms with Crippen LogP contribution in [0.3, 0.4) is 0 Å². The van der Waals surface area contributed by atoms with Crippen LogP contribution in [-0.4, -0.2) is 68.1 Å². The van der Waals surface area contributed by atoms with Gasteiger partial charge in [0.2, 0.25) is 5.91 Å². The van der Waals surface area contributed by atoms with Gasteiger partial charge in [0.05, 0.1) is 13.7 Å². The molecular formula is C21H33N3O2.